The standard InChI is InChI=1S/C23H31FN4O2/c1-6-28(7-2)11-10-25-23(30)22-16(4)21(27-17(22)5)12-15(3)19-13-18(24)8-9-20(19)26-14-29/h8-9,12-14,27H,6-7,10-11H2,1-5H3,(H,25,30)(H,26,29). The molecule has 0 unspecified atom stereocenters. The molecule has 0 aliphatic heterocycles. The van der Waals surface area contributed by atoms with Gasteiger partial charge < -0.3 is 20.5 Å². The lowest BCUT2D eigenvalue weighted by atomic mass is 10.0. The number of carbonyl (C=O) groups is 2. The van der Waals surface area contributed by atoms with E-state index in [0.717, 1.165) is 42.2 Å². The number of aromatic nitrogens is 1. The summed E-state index contributed by atoms with van der Waals surface area (Å²) < 4.78 is 13.8. The van der Waals surface area contributed by atoms with Gasteiger partial charge in [-0.15, -0.1) is 0 Å². The molecule has 6 nitrogen and oxygen atoms in total. The van der Waals surface area contributed by atoms with Gasteiger partial charge in [0.25, 0.3) is 5.91 Å². The molecule has 162 valence electrons. The molecule has 0 aliphatic rings. The van der Waals surface area contributed by atoms with E-state index in [-0.39, 0.29) is 11.7 Å². The predicted molar refractivity (Wildman–Crippen MR) is 120 cm³/mol. The predicted octanol–water partition coefficient (Wildman–Crippen LogP) is 3.97. The number of benzene rings is 1. The number of hydrogen-bond acceptors (Lipinski definition) is 3. The van der Waals surface area contributed by atoms with Crippen molar-refractivity contribution in [2.45, 2.75) is 34.6 Å². The van der Waals surface area contributed by atoms with Crippen LogP contribution in [0.2, 0.25) is 0 Å². The van der Waals surface area contributed by atoms with Gasteiger partial charge >= 0.3 is 0 Å². The fourth-order valence-electron chi connectivity index (χ4n) is 3.54. The van der Waals surface area contributed by atoms with Crippen molar-refractivity contribution in [3.8, 4) is 0 Å². The Morgan fingerprint density at radius 3 is 2.57 bits per heavy atom. The van der Waals surface area contributed by atoms with Crippen molar-refractivity contribution in [2.24, 2.45) is 0 Å². The number of halogens is 1. The highest BCUT2D eigenvalue weighted by atomic mass is 19.1. The summed E-state index contributed by atoms with van der Waals surface area (Å²) in [6.45, 7) is 13.1. The topological polar surface area (TPSA) is 77.2 Å². The lowest BCUT2D eigenvalue weighted by molar-refractivity contribution is -0.105. The van der Waals surface area contributed by atoms with Gasteiger partial charge in [0.1, 0.15) is 5.82 Å². The third kappa shape index (κ3) is 5.57. The second kappa shape index (κ2) is 10.7. The number of aryl methyl sites for hydroxylation is 1. The van der Waals surface area contributed by atoms with Crippen LogP contribution in [0.1, 0.15) is 53.6 Å². The van der Waals surface area contributed by atoms with Crippen LogP contribution in [0.5, 0.6) is 0 Å². The summed E-state index contributed by atoms with van der Waals surface area (Å²) in [5, 5.41) is 5.59. The SMILES string of the molecule is CCN(CC)CCNC(=O)c1c(C)[nH]c(C=C(C)c2cc(F)ccc2NC=O)c1C. The first kappa shape index (κ1) is 23.3. The highest BCUT2D eigenvalue weighted by Gasteiger charge is 2.18. The number of anilines is 1. The Bertz CT molecular complexity index is 930. The van der Waals surface area contributed by atoms with E-state index in [1.165, 1.54) is 18.2 Å². The minimum atomic E-state index is -0.387. The van der Waals surface area contributed by atoms with Crippen molar-refractivity contribution < 1.29 is 14.0 Å². The van der Waals surface area contributed by atoms with E-state index < -0.39 is 0 Å². The molecule has 3 N–H and O–H groups in total. The third-order valence-electron chi connectivity index (χ3n) is 5.29. The molecule has 0 atom stereocenters. The van der Waals surface area contributed by atoms with Gasteiger partial charge in [0, 0.05) is 35.7 Å². The van der Waals surface area contributed by atoms with Gasteiger partial charge in [-0.3, -0.25) is 9.59 Å². The van der Waals surface area contributed by atoms with E-state index in [0.29, 0.717) is 29.8 Å². The number of hydrogen-bond donors (Lipinski definition) is 3. The van der Waals surface area contributed by atoms with Crippen LogP contribution in [0.25, 0.3) is 11.6 Å². The fourth-order valence-corrected chi connectivity index (χ4v) is 3.54. The van der Waals surface area contributed by atoms with E-state index >= 15 is 0 Å². The average molecular weight is 415 g/mol. The first-order valence-electron chi connectivity index (χ1n) is 10.2. The number of carbonyl (C=O) groups excluding carboxylic acids is 2. The first-order chi connectivity index (χ1) is 14.3. The van der Waals surface area contributed by atoms with Crippen LogP contribution in [0.3, 0.4) is 0 Å². The molecular weight excluding hydrogens is 383 g/mol. The molecule has 1 heterocycles. The summed E-state index contributed by atoms with van der Waals surface area (Å²) in [6, 6.07) is 4.20. The quantitative estimate of drug-likeness (QED) is 0.515. The average Bonchev–Trinajstić information content (AvgIpc) is 2.99. The third-order valence-corrected chi connectivity index (χ3v) is 5.29. The molecule has 0 saturated heterocycles. The maximum atomic E-state index is 13.8. The Balaban J connectivity index is 2.26. The van der Waals surface area contributed by atoms with E-state index in [1.807, 2.05) is 26.8 Å². The molecule has 0 spiro atoms. The number of aromatic amines is 1. The maximum Gasteiger partial charge on any atom is 0.253 e. The lowest BCUT2D eigenvalue weighted by Crippen LogP contribution is -2.35. The molecule has 0 fully saturated rings. The Morgan fingerprint density at radius 1 is 1.23 bits per heavy atom. The minimum absolute atomic E-state index is 0.111. The van der Waals surface area contributed by atoms with Gasteiger partial charge in [-0.05, 0) is 69.3 Å². The van der Waals surface area contributed by atoms with E-state index in [2.05, 4.69) is 34.4 Å². The highest BCUT2D eigenvalue weighted by molar-refractivity contribution is 5.98. The summed E-state index contributed by atoms with van der Waals surface area (Å²) >= 11 is 0. The molecule has 7 heteroatoms. The number of nitrogens with zero attached hydrogens (tertiary/aromatic N) is 1. The Morgan fingerprint density at radius 2 is 1.93 bits per heavy atom. The summed E-state index contributed by atoms with van der Waals surface area (Å²) in [7, 11) is 0. The van der Waals surface area contributed by atoms with Crippen LogP contribution < -0.4 is 10.6 Å². The van der Waals surface area contributed by atoms with Crippen LogP contribution in [0.4, 0.5) is 10.1 Å². The number of rotatable bonds is 10. The fraction of sp³-hybridized carbons (Fsp3) is 0.391. The number of H-pyrrole nitrogens is 1. The molecule has 30 heavy (non-hydrogen) atoms. The van der Waals surface area contributed by atoms with E-state index in [4.69, 9.17) is 0 Å². The van der Waals surface area contributed by atoms with Crippen molar-refractivity contribution >= 4 is 29.7 Å². The van der Waals surface area contributed by atoms with Crippen LogP contribution in [-0.4, -0.2) is 48.4 Å². The van der Waals surface area contributed by atoms with Gasteiger partial charge in [-0.1, -0.05) is 13.8 Å². The minimum Gasteiger partial charge on any atom is -0.358 e. The summed E-state index contributed by atoms with van der Waals surface area (Å²) in [5.74, 6) is -0.498. The van der Waals surface area contributed by atoms with Crippen molar-refractivity contribution in [3.05, 3.63) is 52.1 Å². The molecule has 1 aromatic heterocycles. The van der Waals surface area contributed by atoms with E-state index in [9.17, 15) is 14.0 Å². The maximum absolute atomic E-state index is 13.8. The second-order valence-corrected chi connectivity index (χ2v) is 7.23. The Kier molecular flexibility index (Phi) is 8.35. The van der Waals surface area contributed by atoms with Crippen LogP contribution >= 0.6 is 0 Å². The molecular formula is C23H31FN4O2. The number of nitrogens with one attached hydrogen (secondary N) is 3. The van der Waals surface area contributed by atoms with Gasteiger partial charge in [-0.25, -0.2) is 4.39 Å². The van der Waals surface area contributed by atoms with Gasteiger partial charge in [-0.2, -0.15) is 0 Å². The zero-order chi connectivity index (χ0) is 22.3. The second-order valence-electron chi connectivity index (χ2n) is 7.23. The molecule has 2 rings (SSSR count). The van der Waals surface area contributed by atoms with Crippen molar-refractivity contribution in [1.29, 1.82) is 0 Å². The number of amides is 2. The number of likely N-dealkylation sites (N-methyl/N-ethyl adjacent to an activating group) is 1. The smallest absolute Gasteiger partial charge is 0.253 e. The highest BCUT2D eigenvalue weighted by Crippen LogP contribution is 2.28. The molecule has 0 bridgehead atoms. The summed E-state index contributed by atoms with van der Waals surface area (Å²) in [6.07, 6.45) is 2.43. The van der Waals surface area contributed by atoms with E-state index in [1.54, 1.807) is 0 Å². The zero-order valence-corrected chi connectivity index (χ0v) is 18.4. The van der Waals surface area contributed by atoms with Crippen molar-refractivity contribution in [2.75, 3.05) is 31.5 Å². The first-order valence-corrected chi connectivity index (χ1v) is 10.2. The molecule has 2 amide bonds. The largest absolute Gasteiger partial charge is 0.358 e. The van der Waals surface area contributed by atoms with Crippen LogP contribution in [0.15, 0.2) is 18.2 Å². The van der Waals surface area contributed by atoms with Gasteiger partial charge in [0.15, 0.2) is 0 Å². The molecule has 0 aliphatic carbocycles. The zero-order valence-electron chi connectivity index (χ0n) is 18.4. The number of allylic oxidation sites excluding steroid dienone is 1. The monoisotopic (exact) mass is 414 g/mol. The molecule has 1 aromatic carbocycles. The molecule has 0 saturated carbocycles. The summed E-state index contributed by atoms with van der Waals surface area (Å²) in [5.41, 5.74) is 4.87. The van der Waals surface area contributed by atoms with Crippen molar-refractivity contribution in [1.82, 2.24) is 15.2 Å². The Labute approximate surface area is 177 Å². The summed E-state index contributed by atoms with van der Waals surface area (Å²) in [4.78, 5) is 29.1. The van der Waals surface area contributed by atoms with Crippen LogP contribution in [0, 0.1) is 19.7 Å². The van der Waals surface area contributed by atoms with Crippen LogP contribution in [-0.2, 0) is 4.79 Å². The van der Waals surface area contributed by atoms with Gasteiger partial charge in [0.2, 0.25) is 6.41 Å². The van der Waals surface area contributed by atoms with Gasteiger partial charge in [0.05, 0.1) is 5.56 Å². The Hall–Kier alpha value is -2.93. The normalized spacial score (nSPS) is 11.6. The molecule has 0 radical (unpaired) electrons. The molecule has 2 aromatic rings. The van der Waals surface area contributed by atoms with Crippen molar-refractivity contribution in [3.63, 3.8) is 0 Å². The lowest BCUT2D eigenvalue weighted by Gasteiger charge is -2.18.